The van der Waals surface area contributed by atoms with Gasteiger partial charge >= 0.3 is 0 Å². The third-order valence-corrected chi connectivity index (χ3v) is 9.90. The van der Waals surface area contributed by atoms with Crippen molar-refractivity contribution in [1.29, 1.82) is 0 Å². The molecule has 51 heavy (non-hydrogen) atoms. The van der Waals surface area contributed by atoms with E-state index < -0.39 is 0 Å². The van der Waals surface area contributed by atoms with Crippen molar-refractivity contribution in [2.75, 3.05) is 0 Å². The summed E-state index contributed by atoms with van der Waals surface area (Å²) in [5.74, 6) is 1.69. The van der Waals surface area contributed by atoms with Crippen molar-refractivity contribution in [3.63, 3.8) is 0 Å². The van der Waals surface area contributed by atoms with Gasteiger partial charge in [-0.2, -0.15) is 9.97 Å². The molecule has 0 radical (unpaired) electrons. The fourth-order valence-electron chi connectivity index (χ4n) is 7.65. The number of pyridine rings is 1. The Labute approximate surface area is 290 Å². The maximum Gasteiger partial charge on any atom is 0.238 e. The van der Waals surface area contributed by atoms with Crippen LogP contribution < -0.4 is 0 Å². The predicted octanol–water partition coefficient (Wildman–Crippen LogP) is 10.7. The minimum atomic E-state index is 0.545. The number of benzene rings is 6. The topological polar surface area (TPSA) is 74.6 Å². The molecule has 0 amide bonds. The SMILES string of the molecule is c1ccc(-n2c3ccccc3c3ccncc32)c(-c2nc(-c3ccc4oc5ccccc5c4c3)nc(-n3c4ccccc4c4ccccc43)n2)c1. The Morgan fingerprint density at radius 2 is 1.02 bits per heavy atom. The highest BCUT2D eigenvalue weighted by Crippen LogP contribution is 2.37. The van der Waals surface area contributed by atoms with Crippen molar-refractivity contribution in [2.24, 2.45) is 0 Å². The van der Waals surface area contributed by atoms with Crippen molar-refractivity contribution in [1.82, 2.24) is 29.1 Å². The summed E-state index contributed by atoms with van der Waals surface area (Å²) < 4.78 is 10.6. The van der Waals surface area contributed by atoms with Gasteiger partial charge in [-0.25, -0.2) is 4.98 Å². The van der Waals surface area contributed by atoms with Gasteiger partial charge in [0.2, 0.25) is 5.95 Å². The van der Waals surface area contributed by atoms with Gasteiger partial charge in [-0.3, -0.25) is 9.55 Å². The summed E-state index contributed by atoms with van der Waals surface area (Å²) in [7, 11) is 0. The molecule has 0 atom stereocenters. The Bertz CT molecular complexity index is 3060. The number of hydrogen-bond acceptors (Lipinski definition) is 5. The minimum Gasteiger partial charge on any atom is -0.456 e. The largest absolute Gasteiger partial charge is 0.456 e. The number of hydrogen-bond donors (Lipinski definition) is 0. The summed E-state index contributed by atoms with van der Waals surface area (Å²) in [6, 6.07) is 50.0. The van der Waals surface area contributed by atoms with E-state index in [-0.39, 0.29) is 0 Å². The molecule has 0 unspecified atom stereocenters. The standard InChI is InChI=1S/C44H26N6O/c1-6-16-35-30(13-1)31-23-24-45-26-39(31)49(35)38-19-9-4-15-33(38)43-46-42(27-21-22-41-34(25-27)32-14-5-10-20-40(32)51-41)47-44(48-43)50-36-17-7-2-11-28(36)29-12-3-8-18-37(29)50/h1-26H. The van der Waals surface area contributed by atoms with Gasteiger partial charge in [0, 0.05) is 49.6 Å². The zero-order valence-corrected chi connectivity index (χ0v) is 27.1. The molecule has 0 bridgehead atoms. The summed E-state index contributed by atoms with van der Waals surface area (Å²) in [5, 5.41) is 6.64. The molecule has 0 fully saturated rings. The van der Waals surface area contributed by atoms with Gasteiger partial charge in [-0.05, 0) is 60.7 Å². The van der Waals surface area contributed by atoms with Crippen molar-refractivity contribution < 1.29 is 4.42 Å². The van der Waals surface area contributed by atoms with Crippen LogP contribution in [-0.4, -0.2) is 29.1 Å². The second-order valence-corrected chi connectivity index (χ2v) is 12.7. The Kier molecular flexibility index (Phi) is 5.83. The highest BCUT2D eigenvalue weighted by molar-refractivity contribution is 6.10. The monoisotopic (exact) mass is 654 g/mol. The van der Waals surface area contributed by atoms with Gasteiger partial charge in [0.1, 0.15) is 11.2 Å². The summed E-state index contributed by atoms with van der Waals surface area (Å²) in [6.07, 6.45) is 3.78. The Morgan fingerprint density at radius 3 is 1.78 bits per heavy atom. The molecule has 5 aromatic heterocycles. The lowest BCUT2D eigenvalue weighted by Crippen LogP contribution is -2.07. The van der Waals surface area contributed by atoms with E-state index in [4.69, 9.17) is 19.4 Å². The molecule has 11 aromatic rings. The Hall–Kier alpha value is -7.12. The summed E-state index contributed by atoms with van der Waals surface area (Å²) in [5.41, 5.74) is 8.53. The molecule has 7 heteroatoms. The fourth-order valence-corrected chi connectivity index (χ4v) is 7.65. The molecule has 0 saturated heterocycles. The molecule has 0 N–H and O–H groups in total. The molecule has 0 spiro atoms. The predicted molar refractivity (Wildman–Crippen MR) is 204 cm³/mol. The molecule has 0 aliphatic heterocycles. The Balaban J connectivity index is 1.22. The van der Waals surface area contributed by atoms with Crippen LogP contribution in [0.25, 0.3) is 100.0 Å². The van der Waals surface area contributed by atoms with Gasteiger partial charge in [-0.1, -0.05) is 84.9 Å². The van der Waals surface area contributed by atoms with Crippen LogP contribution >= 0.6 is 0 Å². The maximum atomic E-state index is 6.18. The first-order valence-corrected chi connectivity index (χ1v) is 16.9. The third-order valence-electron chi connectivity index (χ3n) is 9.90. The van der Waals surface area contributed by atoms with Gasteiger partial charge < -0.3 is 8.98 Å². The van der Waals surface area contributed by atoms with Crippen LogP contribution in [0.4, 0.5) is 0 Å². The molecule has 238 valence electrons. The van der Waals surface area contributed by atoms with Crippen LogP contribution in [0.1, 0.15) is 0 Å². The van der Waals surface area contributed by atoms with Crippen molar-refractivity contribution in [3.05, 3.63) is 158 Å². The number of rotatable bonds is 4. The lowest BCUT2D eigenvalue weighted by atomic mass is 10.1. The molecule has 0 aliphatic carbocycles. The molecule has 7 nitrogen and oxygen atoms in total. The van der Waals surface area contributed by atoms with Crippen LogP contribution in [0.3, 0.4) is 0 Å². The fraction of sp³-hybridized carbons (Fsp3) is 0. The van der Waals surface area contributed by atoms with Crippen LogP contribution in [0.2, 0.25) is 0 Å². The number of para-hydroxylation sites is 5. The molecular weight excluding hydrogens is 629 g/mol. The van der Waals surface area contributed by atoms with Crippen LogP contribution in [-0.2, 0) is 0 Å². The highest BCUT2D eigenvalue weighted by Gasteiger charge is 2.21. The van der Waals surface area contributed by atoms with E-state index in [2.05, 4.69) is 123 Å². The van der Waals surface area contributed by atoms with Gasteiger partial charge in [0.25, 0.3) is 0 Å². The lowest BCUT2D eigenvalue weighted by Gasteiger charge is -2.15. The van der Waals surface area contributed by atoms with Crippen LogP contribution in [0.5, 0.6) is 0 Å². The van der Waals surface area contributed by atoms with Crippen molar-refractivity contribution in [3.8, 4) is 34.4 Å². The smallest absolute Gasteiger partial charge is 0.238 e. The summed E-state index contributed by atoms with van der Waals surface area (Å²) in [4.78, 5) is 20.3. The first kappa shape index (κ1) is 27.8. The number of fused-ring (bicyclic) bond motifs is 9. The first-order valence-electron chi connectivity index (χ1n) is 16.9. The van der Waals surface area contributed by atoms with E-state index in [9.17, 15) is 0 Å². The zero-order valence-electron chi connectivity index (χ0n) is 27.1. The minimum absolute atomic E-state index is 0.545. The number of furan rings is 1. The van der Waals surface area contributed by atoms with E-state index in [0.717, 1.165) is 82.4 Å². The molecule has 6 aromatic carbocycles. The third kappa shape index (κ3) is 4.12. The van der Waals surface area contributed by atoms with Crippen molar-refractivity contribution in [2.45, 2.75) is 0 Å². The summed E-state index contributed by atoms with van der Waals surface area (Å²) >= 11 is 0. The average Bonchev–Trinajstić information content (AvgIpc) is 3.85. The molecule has 0 aliphatic rings. The molecule has 0 saturated carbocycles. The highest BCUT2D eigenvalue weighted by atomic mass is 16.3. The first-order chi connectivity index (χ1) is 25.3. The number of aromatic nitrogens is 6. The van der Waals surface area contributed by atoms with E-state index >= 15 is 0 Å². The normalized spacial score (nSPS) is 11.9. The van der Waals surface area contributed by atoms with E-state index in [1.165, 1.54) is 0 Å². The van der Waals surface area contributed by atoms with Crippen molar-refractivity contribution >= 4 is 65.6 Å². The van der Waals surface area contributed by atoms with Gasteiger partial charge in [0.15, 0.2) is 11.6 Å². The molecule has 5 heterocycles. The quantitative estimate of drug-likeness (QED) is 0.189. The Morgan fingerprint density at radius 1 is 0.431 bits per heavy atom. The summed E-state index contributed by atoms with van der Waals surface area (Å²) in [6.45, 7) is 0. The zero-order chi connectivity index (χ0) is 33.5. The maximum absolute atomic E-state index is 6.18. The second-order valence-electron chi connectivity index (χ2n) is 12.7. The van der Waals surface area contributed by atoms with E-state index in [0.29, 0.717) is 17.6 Å². The average molecular weight is 655 g/mol. The van der Waals surface area contributed by atoms with E-state index in [1.807, 2.05) is 48.8 Å². The van der Waals surface area contributed by atoms with E-state index in [1.54, 1.807) is 0 Å². The van der Waals surface area contributed by atoms with Crippen LogP contribution in [0.15, 0.2) is 162 Å². The van der Waals surface area contributed by atoms with Gasteiger partial charge in [0.05, 0.1) is 34.0 Å². The molecule has 11 rings (SSSR count). The second kappa shape index (κ2) is 10.7. The van der Waals surface area contributed by atoms with Crippen LogP contribution in [0, 0.1) is 0 Å². The van der Waals surface area contributed by atoms with Gasteiger partial charge in [-0.15, -0.1) is 0 Å². The molecular formula is C44H26N6O. The lowest BCUT2D eigenvalue weighted by molar-refractivity contribution is 0.669. The number of nitrogens with zero attached hydrogens (tertiary/aromatic N) is 6.